The molecule has 2 fully saturated rings. The molecule has 0 saturated heterocycles. The molecule has 1 amide bonds. The minimum Gasteiger partial charge on any atom is -0.497 e. The lowest BCUT2D eigenvalue weighted by Crippen LogP contribution is -2.28. The number of rotatable bonds is 11. The number of hydrogen-bond acceptors (Lipinski definition) is 4. The highest BCUT2D eigenvalue weighted by Gasteiger charge is 2.28. The average Bonchev–Trinajstić information content (AvgIpc) is 3.66. The van der Waals surface area contributed by atoms with E-state index in [9.17, 15) is 4.79 Å². The molecule has 2 aromatic rings. The summed E-state index contributed by atoms with van der Waals surface area (Å²) in [6.07, 6.45) is 5.78. The number of nitrogens with zero attached hydrogens (tertiary/aromatic N) is 1. The first-order chi connectivity index (χ1) is 14.2. The summed E-state index contributed by atoms with van der Waals surface area (Å²) < 4.78 is 11.0. The van der Waals surface area contributed by atoms with Gasteiger partial charge in [-0.2, -0.15) is 0 Å². The number of carbonyl (C=O) groups is 1. The average molecular weight is 395 g/mol. The Bertz CT molecular complexity index is 796. The smallest absolute Gasteiger partial charge is 0.251 e. The van der Waals surface area contributed by atoms with Crippen molar-refractivity contribution in [3.8, 4) is 11.5 Å². The topological polar surface area (TPSA) is 50.8 Å². The molecule has 0 unspecified atom stereocenters. The van der Waals surface area contributed by atoms with Gasteiger partial charge in [0.1, 0.15) is 11.5 Å². The van der Waals surface area contributed by atoms with Crippen molar-refractivity contribution in [2.45, 2.75) is 50.7 Å². The maximum atomic E-state index is 12.1. The molecule has 5 heteroatoms. The predicted molar refractivity (Wildman–Crippen MR) is 113 cm³/mol. The van der Waals surface area contributed by atoms with Crippen molar-refractivity contribution in [2.24, 2.45) is 0 Å². The zero-order chi connectivity index (χ0) is 20.1. The Balaban J connectivity index is 1.23. The zero-order valence-electron chi connectivity index (χ0n) is 17.1. The van der Waals surface area contributed by atoms with Crippen LogP contribution in [0.3, 0.4) is 0 Å². The third-order valence-corrected chi connectivity index (χ3v) is 5.50. The van der Waals surface area contributed by atoms with Crippen LogP contribution in [0.25, 0.3) is 0 Å². The van der Waals surface area contributed by atoms with E-state index in [2.05, 4.69) is 22.3 Å². The second kappa shape index (κ2) is 9.31. The van der Waals surface area contributed by atoms with Crippen molar-refractivity contribution in [1.82, 2.24) is 10.2 Å². The molecule has 0 bridgehead atoms. The summed E-state index contributed by atoms with van der Waals surface area (Å²) >= 11 is 0. The number of hydrogen-bond donors (Lipinski definition) is 1. The van der Waals surface area contributed by atoms with Crippen molar-refractivity contribution in [3.63, 3.8) is 0 Å². The Morgan fingerprint density at radius 1 is 1.00 bits per heavy atom. The van der Waals surface area contributed by atoms with Gasteiger partial charge in [0, 0.05) is 30.7 Å². The van der Waals surface area contributed by atoms with Crippen LogP contribution in [0.2, 0.25) is 0 Å². The van der Waals surface area contributed by atoms with E-state index in [1.807, 2.05) is 36.4 Å². The third-order valence-electron chi connectivity index (χ3n) is 5.50. The molecule has 154 valence electrons. The number of methoxy groups -OCH3 is 1. The highest BCUT2D eigenvalue weighted by atomic mass is 16.5. The van der Waals surface area contributed by atoms with E-state index < -0.39 is 0 Å². The molecule has 5 nitrogen and oxygen atoms in total. The summed E-state index contributed by atoms with van der Waals surface area (Å²) in [5, 5.41) is 3.04. The number of benzene rings is 2. The molecule has 0 aliphatic heterocycles. The second-order valence-electron chi connectivity index (χ2n) is 8.02. The van der Waals surface area contributed by atoms with E-state index in [-0.39, 0.29) is 5.91 Å². The number of amides is 1. The molecule has 2 saturated carbocycles. The van der Waals surface area contributed by atoms with Crippen LogP contribution < -0.4 is 14.8 Å². The fourth-order valence-electron chi connectivity index (χ4n) is 3.45. The molecule has 29 heavy (non-hydrogen) atoms. The van der Waals surface area contributed by atoms with Crippen LogP contribution in [0.4, 0.5) is 0 Å². The predicted octanol–water partition coefficient (Wildman–Crippen LogP) is 4.02. The summed E-state index contributed by atoms with van der Waals surface area (Å²) in [5.41, 5.74) is 2.02. The molecule has 2 aliphatic carbocycles. The Morgan fingerprint density at radius 3 is 2.31 bits per heavy atom. The number of carbonyl (C=O) groups excluding carboxylic acids is 1. The van der Waals surface area contributed by atoms with Gasteiger partial charge < -0.3 is 14.8 Å². The Morgan fingerprint density at radius 2 is 1.69 bits per heavy atom. The molecule has 0 aromatic heterocycles. The van der Waals surface area contributed by atoms with E-state index >= 15 is 0 Å². The minimum absolute atomic E-state index is 0.0498. The van der Waals surface area contributed by atoms with Gasteiger partial charge in [-0.15, -0.1) is 0 Å². The van der Waals surface area contributed by atoms with Crippen LogP contribution in [0.5, 0.6) is 11.5 Å². The highest BCUT2D eigenvalue weighted by Crippen LogP contribution is 2.28. The van der Waals surface area contributed by atoms with Gasteiger partial charge >= 0.3 is 0 Å². The highest BCUT2D eigenvalue weighted by molar-refractivity contribution is 5.94. The van der Waals surface area contributed by atoms with Crippen molar-refractivity contribution in [2.75, 3.05) is 20.3 Å². The van der Waals surface area contributed by atoms with Crippen molar-refractivity contribution in [3.05, 3.63) is 59.7 Å². The van der Waals surface area contributed by atoms with Crippen LogP contribution in [-0.4, -0.2) is 43.2 Å². The van der Waals surface area contributed by atoms with Gasteiger partial charge in [-0.3, -0.25) is 9.69 Å². The van der Waals surface area contributed by atoms with Crippen molar-refractivity contribution >= 4 is 5.91 Å². The molecule has 0 radical (unpaired) electrons. The number of nitrogens with one attached hydrogen (secondary N) is 1. The fourth-order valence-corrected chi connectivity index (χ4v) is 3.45. The normalized spacial score (nSPS) is 15.9. The maximum Gasteiger partial charge on any atom is 0.251 e. The van der Waals surface area contributed by atoms with Gasteiger partial charge in [0.05, 0.1) is 13.7 Å². The fraction of sp³-hybridized carbons (Fsp3) is 0.458. The molecule has 0 heterocycles. The van der Waals surface area contributed by atoms with Crippen LogP contribution in [0, 0.1) is 0 Å². The monoisotopic (exact) mass is 394 g/mol. The lowest BCUT2D eigenvalue weighted by molar-refractivity contribution is 0.0951. The first-order valence-corrected chi connectivity index (χ1v) is 10.6. The van der Waals surface area contributed by atoms with E-state index in [4.69, 9.17) is 9.47 Å². The Kier molecular flexibility index (Phi) is 6.35. The van der Waals surface area contributed by atoms with Gasteiger partial charge in [0.25, 0.3) is 5.91 Å². The van der Waals surface area contributed by atoms with Crippen molar-refractivity contribution < 1.29 is 14.3 Å². The standard InChI is InChI=1S/C24H30N2O3/c1-28-22-11-13-23(14-12-22)29-16-2-15-26(21-9-10-21)17-18-3-5-19(6-4-18)24(27)25-20-7-8-20/h3-6,11-14,20-21H,2,7-10,15-17H2,1H3,(H,25,27). The zero-order valence-corrected chi connectivity index (χ0v) is 17.1. The van der Waals surface area contributed by atoms with E-state index in [1.54, 1.807) is 7.11 Å². The summed E-state index contributed by atoms with van der Waals surface area (Å²) in [5.74, 6) is 1.77. The molecular weight excluding hydrogens is 364 g/mol. The van der Waals surface area contributed by atoms with Crippen LogP contribution in [0.1, 0.15) is 48.0 Å². The summed E-state index contributed by atoms with van der Waals surface area (Å²) in [7, 11) is 1.67. The quantitative estimate of drug-likeness (QED) is 0.585. The molecule has 2 aliphatic rings. The summed E-state index contributed by atoms with van der Waals surface area (Å²) in [6.45, 7) is 2.65. The van der Waals surface area contributed by atoms with E-state index in [0.717, 1.165) is 49.4 Å². The number of ether oxygens (including phenoxy) is 2. The molecule has 0 spiro atoms. The van der Waals surface area contributed by atoms with Gasteiger partial charge in [0.15, 0.2) is 0 Å². The molecule has 1 N–H and O–H groups in total. The molecule has 0 atom stereocenters. The van der Waals surface area contributed by atoms with Crippen LogP contribution >= 0.6 is 0 Å². The van der Waals surface area contributed by atoms with Crippen molar-refractivity contribution in [1.29, 1.82) is 0 Å². The van der Waals surface area contributed by atoms with Crippen LogP contribution in [0.15, 0.2) is 48.5 Å². The third kappa shape index (κ3) is 5.97. The second-order valence-corrected chi connectivity index (χ2v) is 8.02. The molecule has 2 aromatic carbocycles. The Hall–Kier alpha value is -2.53. The first-order valence-electron chi connectivity index (χ1n) is 10.6. The first kappa shape index (κ1) is 19.8. The van der Waals surface area contributed by atoms with E-state index in [1.165, 1.54) is 18.4 Å². The SMILES string of the molecule is COc1ccc(OCCCN(Cc2ccc(C(=O)NC3CC3)cc2)C2CC2)cc1. The largest absolute Gasteiger partial charge is 0.497 e. The summed E-state index contributed by atoms with van der Waals surface area (Å²) in [6, 6.07) is 16.9. The Labute approximate surface area is 173 Å². The van der Waals surface area contributed by atoms with Gasteiger partial charge in [0.2, 0.25) is 0 Å². The lowest BCUT2D eigenvalue weighted by atomic mass is 10.1. The van der Waals surface area contributed by atoms with Gasteiger partial charge in [-0.1, -0.05) is 12.1 Å². The lowest BCUT2D eigenvalue weighted by Gasteiger charge is -2.22. The van der Waals surface area contributed by atoms with E-state index in [0.29, 0.717) is 18.7 Å². The summed E-state index contributed by atoms with van der Waals surface area (Å²) in [4.78, 5) is 14.7. The van der Waals surface area contributed by atoms with Gasteiger partial charge in [-0.05, 0) is 74.1 Å². The molecule has 4 rings (SSSR count). The minimum atomic E-state index is 0.0498. The maximum absolute atomic E-state index is 12.1. The van der Waals surface area contributed by atoms with Gasteiger partial charge in [-0.25, -0.2) is 0 Å². The molecular formula is C24H30N2O3. The van der Waals surface area contributed by atoms with Crippen LogP contribution in [-0.2, 0) is 6.54 Å².